The molecule has 0 aliphatic carbocycles. The van der Waals surface area contributed by atoms with Gasteiger partial charge in [0.15, 0.2) is 0 Å². The Balaban J connectivity index is 1.36. The maximum absolute atomic E-state index is 12.6. The van der Waals surface area contributed by atoms with Crippen LogP contribution in [0.15, 0.2) is 81.3 Å². The van der Waals surface area contributed by atoms with E-state index in [9.17, 15) is 14.4 Å². The van der Waals surface area contributed by atoms with E-state index in [2.05, 4.69) is 16.7 Å². The number of hydrogen-bond donors (Lipinski definition) is 2. The summed E-state index contributed by atoms with van der Waals surface area (Å²) in [6.45, 7) is 0. The monoisotopic (exact) mass is 432 g/mol. The van der Waals surface area contributed by atoms with Gasteiger partial charge in [0.1, 0.15) is 5.58 Å². The molecule has 0 atom stereocenters. The molecule has 0 saturated carbocycles. The minimum absolute atomic E-state index is 0.0786. The van der Waals surface area contributed by atoms with Crippen molar-refractivity contribution in [3.63, 3.8) is 0 Å². The highest BCUT2D eigenvalue weighted by Gasteiger charge is 2.10. The maximum Gasteiger partial charge on any atom is 0.336 e. The van der Waals surface area contributed by atoms with Crippen LogP contribution in [-0.2, 0) is 11.2 Å². The molecular weight excluding hydrogens is 412 g/mol. The Labute approximate surface area is 182 Å². The van der Waals surface area contributed by atoms with Gasteiger partial charge in [-0.3, -0.25) is 9.59 Å². The number of aryl methyl sites for hydroxylation is 1. The van der Waals surface area contributed by atoms with E-state index in [-0.39, 0.29) is 11.8 Å². The van der Waals surface area contributed by atoms with Crippen LogP contribution in [0.5, 0.6) is 0 Å². The van der Waals surface area contributed by atoms with E-state index in [1.54, 1.807) is 59.9 Å². The van der Waals surface area contributed by atoms with Crippen LogP contribution < -0.4 is 16.3 Å². The van der Waals surface area contributed by atoms with Crippen molar-refractivity contribution >= 4 is 45.5 Å². The van der Waals surface area contributed by atoms with Gasteiger partial charge in [0.2, 0.25) is 5.91 Å². The van der Waals surface area contributed by atoms with Crippen LogP contribution in [0.2, 0.25) is 0 Å². The average Bonchev–Trinajstić information content (AvgIpc) is 3.27. The van der Waals surface area contributed by atoms with E-state index in [4.69, 9.17) is 4.42 Å². The van der Waals surface area contributed by atoms with Gasteiger partial charge >= 0.3 is 5.63 Å². The second-order valence-corrected chi connectivity index (χ2v) is 8.06. The fourth-order valence-electron chi connectivity index (χ4n) is 3.19. The Morgan fingerprint density at radius 1 is 0.903 bits per heavy atom. The molecule has 0 fully saturated rings. The molecule has 0 aliphatic heterocycles. The molecule has 2 aromatic heterocycles. The van der Waals surface area contributed by atoms with Gasteiger partial charge in [-0.15, -0.1) is 11.3 Å². The highest BCUT2D eigenvalue weighted by atomic mass is 32.1. The quantitative estimate of drug-likeness (QED) is 0.399. The third-order valence-electron chi connectivity index (χ3n) is 4.69. The summed E-state index contributed by atoms with van der Waals surface area (Å²) in [6.07, 6.45) is 2.07. The lowest BCUT2D eigenvalue weighted by atomic mass is 10.1. The second kappa shape index (κ2) is 9.40. The Morgan fingerprint density at radius 2 is 1.77 bits per heavy atom. The summed E-state index contributed by atoms with van der Waals surface area (Å²) in [5.74, 6) is -0.379. The van der Waals surface area contributed by atoms with Gasteiger partial charge in [-0.25, -0.2) is 4.79 Å². The van der Waals surface area contributed by atoms with E-state index >= 15 is 0 Å². The van der Waals surface area contributed by atoms with Gasteiger partial charge in [0, 0.05) is 39.7 Å². The summed E-state index contributed by atoms with van der Waals surface area (Å²) < 4.78 is 5.10. The molecule has 0 unspecified atom stereocenters. The van der Waals surface area contributed by atoms with Gasteiger partial charge < -0.3 is 15.1 Å². The van der Waals surface area contributed by atoms with Crippen molar-refractivity contribution in [1.82, 2.24) is 0 Å². The molecule has 2 heterocycles. The van der Waals surface area contributed by atoms with Crippen molar-refractivity contribution in [2.45, 2.75) is 19.3 Å². The molecule has 0 bridgehead atoms. The predicted molar refractivity (Wildman–Crippen MR) is 123 cm³/mol. The van der Waals surface area contributed by atoms with Crippen LogP contribution in [0.4, 0.5) is 11.4 Å². The Morgan fingerprint density at radius 3 is 2.61 bits per heavy atom. The molecule has 0 saturated heterocycles. The van der Waals surface area contributed by atoms with E-state index in [1.807, 2.05) is 11.4 Å². The zero-order chi connectivity index (χ0) is 21.6. The first kappa shape index (κ1) is 20.6. The number of amides is 2. The summed E-state index contributed by atoms with van der Waals surface area (Å²) in [5, 5.41) is 8.42. The molecule has 2 aromatic carbocycles. The van der Waals surface area contributed by atoms with Crippen LogP contribution in [0, 0.1) is 0 Å². The fraction of sp³-hybridized carbons (Fsp3) is 0.125. The van der Waals surface area contributed by atoms with Crippen molar-refractivity contribution in [3.8, 4) is 0 Å². The lowest BCUT2D eigenvalue weighted by Crippen LogP contribution is -2.14. The molecule has 2 N–H and O–H groups in total. The number of carbonyl (C=O) groups is 2. The third kappa shape index (κ3) is 5.46. The molecule has 0 radical (unpaired) electrons. The second-order valence-electron chi connectivity index (χ2n) is 7.02. The summed E-state index contributed by atoms with van der Waals surface area (Å²) in [5.41, 5.74) is 1.61. The molecule has 31 heavy (non-hydrogen) atoms. The van der Waals surface area contributed by atoms with Crippen molar-refractivity contribution in [2.75, 3.05) is 10.6 Å². The number of rotatable bonds is 7. The number of nitrogens with one attached hydrogen (secondary N) is 2. The highest BCUT2D eigenvalue weighted by molar-refractivity contribution is 7.09. The number of anilines is 2. The Kier molecular flexibility index (Phi) is 6.24. The number of hydrogen-bond acceptors (Lipinski definition) is 5. The van der Waals surface area contributed by atoms with E-state index < -0.39 is 5.63 Å². The van der Waals surface area contributed by atoms with E-state index in [0.29, 0.717) is 34.3 Å². The fourth-order valence-corrected chi connectivity index (χ4v) is 3.94. The SMILES string of the molecule is O=C(CCCc1cccs1)Nc1cccc(C(=O)Nc2ccc3oc(=O)ccc3c2)c1. The molecule has 2 amide bonds. The molecular formula is C24H20N2O4S. The maximum atomic E-state index is 12.6. The van der Waals surface area contributed by atoms with Gasteiger partial charge in [-0.05, 0) is 66.8 Å². The van der Waals surface area contributed by atoms with Crippen LogP contribution in [-0.4, -0.2) is 11.8 Å². The van der Waals surface area contributed by atoms with Gasteiger partial charge in [0.25, 0.3) is 5.91 Å². The summed E-state index contributed by atoms with van der Waals surface area (Å²) in [6, 6.07) is 18.9. The van der Waals surface area contributed by atoms with Crippen LogP contribution in [0.1, 0.15) is 28.1 Å². The number of benzene rings is 2. The summed E-state index contributed by atoms with van der Waals surface area (Å²) in [7, 11) is 0. The first-order valence-corrected chi connectivity index (χ1v) is 10.7. The normalized spacial score (nSPS) is 10.7. The van der Waals surface area contributed by atoms with Gasteiger partial charge in [-0.1, -0.05) is 12.1 Å². The molecule has 4 aromatic rings. The third-order valence-corrected chi connectivity index (χ3v) is 5.63. The minimum atomic E-state index is -0.422. The average molecular weight is 433 g/mol. The summed E-state index contributed by atoms with van der Waals surface area (Å²) >= 11 is 1.69. The van der Waals surface area contributed by atoms with Crippen molar-refractivity contribution in [3.05, 3.63) is 93.0 Å². The summed E-state index contributed by atoms with van der Waals surface area (Å²) in [4.78, 5) is 37.4. The van der Waals surface area contributed by atoms with Crippen LogP contribution in [0.25, 0.3) is 11.0 Å². The van der Waals surface area contributed by atoms with Gasteiger partial charge in [0.05, 0.1) is 0 Å². The largest absolute Gasteiger partial charge is 0.423 e. The number of thiophene rings is 1. The zero-order valence-electron chi connectivity index (χ0n) is 16.6. The predicted octanol–water partition coefficient (Wildman–Crippen LogP) is 5.07. The Hall–Kier alpha value is -3.71. The number of carbonyl (C=O) groups excluding carboxylic acids is 2. The molecule has 4 rings (SSSR count). The number of fused-ring (bicyclic) bond motifs is 1. The lowest BCUT2D eigenvalue weighted by Gasteiger charge is -2.09. The van der Waals surface area contributed by atoms with Crippen molar-refractivity contribution in [1.29, 1.82) is 0 Å². The van der Waals surface area contributed by atoms with Crippen molar-refractivity contribution < 1.29 is 14.0 Å². The minimum Gasteiger partial charge on any atom is -0.423 e. The zero-order valence-corrected chi connectivity index (χ0v) is 17.4. The molecule has 7 heteroatoms. The smallest absolute Gasteiger partial charge is 0.336 e. The van der Waals surface area contributed by atoms with E-state index in [0.717, 1.165) is 12.8 Å². The Bertz CT molecular complexity index is 1280. The van der Waals surface area contributed by atoms with Crippen LogP contribution in [0.3, 0.4) is 0 Å². The molecule has 156 valence electrons. The first-order chi connectivity index (χ1) is 15.1. The first-order valence-electron chi connectivity index (χ1n) is 9.84. The van der Waals surface area contributed by atoms with E-state index in [1.165, 1.54) is 10.9 Å². The lowest BCUT2D eigenvalue weighted by molar-refractivity contribution is -0.116. The van der Waals surface area contributed by atoms with Gasteiger partial charge in [-0.2, -0.15) is 0 Å². The standard InChI is InChI=1S/C24H20N2O4S/c27-22(8-2-6-20-7-3-13-31-20)25-18-5-1-4-17(15-18)24(29)26-19-10-11-21-16(14-19)9-12-23(28)30-21/h1,3-5,7,9-15H,2,6,8H2,(H,25,27)(H,26,29). The topological polar surface area (TPSA) is 88.4 Å². The molecule has 0 aliphatic rings. The highest BCUT2D eigenvalue weighted by Crippen LogP contribution is 2.19. The van der Waals surface area contributed by atoms with Crippen molar-refractivity contribution in [2.24, 2.45) is 0 Å². The molecule has 6 nitrogen and oxygen atoms in total. The van der Waals surface area contributed by atoms with Crippen LogP contribution >= 0.6 is 11.3 Å². The molecule has 0 spiro atoms.